The van der Waals surface area contributed by atoms with Crippen LogP contribution in [0, 0.1) is 12.8 Å². The second kappa shape index (κ2) is 7.45. The molecule has 1 aromatic carbocycles. The molecule has 0 aromatic heterocycles. The van der Waals surface area contributed by atoms with E-state index in [9.17, 15) is 13.2 Å². The van der Waals surface area contributed by atoms with Gasteiger partial charge in [-0.1, -0.05) is 31.5 Å². The number of sulfonamides is 1. The summed E-state index contributed by atoms with van der Waals surface area (Å²) in [4.78, 5) is 14.4. The molecule has 1 aliphatic rings. The normalized spacial score (nSPS) is 18.5. The minimum Gasteiger partial charge on any atom is -0.341 e. The maximum Gasteiger partial charge on any atom is 0.243 e. The highest BCUT2D eigenvalue weighted by molar-refractivity contribution is 7.89. The zero-order valence-corrected chi connectivity index (χ0v) is 15.0. The second-order valence-electron chi connectivity index (χ2n) is 6.21. The first-order chi connectivity index (χ1) is 10.9. The van der Waals surface area contributed by atoms with Crippen molar-refractivity contribution >= 4 is 15.9 Å². The third kappa shape index (κ3) is 4.12. The Morgan fingerprint density at radius 1 is 1.13 bits per heavy atom. The first-order valence-corrected chi connectivity index (χ1v) is 9.66. The monoisotopic (exact) mass is 338 g/mol. The average molecular weight is 338 g/mol. The van der Waals surface area contributed by atoms with Crippen LogP contribution >= 0.6 is 0 Å². The number of nitrogens with zero attached hydrogens (tertiary/aromatic N) is 2. The van der Waals surface area contributed by atoms with Crippen LogP contribution in [0.2, 0.25) is 0 Å². The highest BCUT2D eigenvalue weighted by Gasteiger charge is 2.29. The molecule has 1 amide bonds. The summed E-state index contributed by atoms with van der Waals surface area (Å²) in [5.74, 6) is 0.123. The number of benzene rings is 1. The molecule has 5 nitrogen and oxygen atoms in total. The lowest BCUT2D eigenvalue weighted by atomic mass is 10.1. The third-order valence-electron chi connectivity index (χ3n) is 4.46. The fourth-order valence-electron chi connectivity index (χ4n) is 2.70. The number of carbonyl (C=O) groups excluding carboxylic acids is 1. The maximum absolute atomic E-state index is 12.7. The molecule has 0 saturated carbocycles. The predicted molar refractivity (Wildman–Crippen MR) is 90.6 cm³/mol. The number of aryl methyl sites for hydroxylation is 1. The van der Waals surface area contributed by atoms with Crippen molar-refractivity contribution in [2.75, 3.05) is 26.2 Å². The van der Waals surface area contributed by atoms with Crippen LogP contribution in [0.25, 0.3) is 0 Å². The molecule has 1 unspecified atom stereocenters. The van der Waals surface area contributed by atoms with Gasteiger partial charge in [-0.2, -0.15) is 4.31 Å². The standard InChI is InChI=1S/C17H26N2O3S/c1-4-15(3)17(20)18-10-5-11-19(13-12-18)23(21,22)16-8-6-14(2)7-9-16/h6-9,15H,4-5,10-13H2,1-3H3. The van der Waals surface area contributed by atoms with Crippen molar-refractivity contribution in [1.82, 2.24) is 9.21 Å². The molecule has 0 radical (unpaired) electrons. The molecule has 1 atom stereocenters. The Hall–Kier alpha value is -1.40. The van der Waals surface area contributed by atoms with Crippen molar-refractivity contribution in [2.45, 2.75) is 38.5 Å². The van der Waals surface area contributed by atoms with Gasteiger partial charge in [0.15, 0.2) is 0 Å². The van der Waals surface area contributed by atoms with Gasteiger partial charge in [0.05, 0.1) is 4.90 Å². The highest BCUT2D eigenvalue weighted by atomic mass is 32.2. The molecular formula is C17H26N2O3S. The summed E-state index contributed by atoms with van der Waals surface area (Å²) in [5.41, 5.74) is 1.03. The fourth-order valence-corrected chi connectivity index (χ4v) is 4.17. The van der Waals surface area contributed by atoms with Gasteiger partial charge < -0.3 is 4.90 Å². The lowest BCUT2D eigenvalue weighted by Gasteiger charge is -2.24. The van der Waals surface area contributed by atoms with E-state index in [0.717, 1.165) is 12.0 Å². The van der Waals surface area contributed by atoms with Gasteiger partial charge in [-0.15, -0.1) is 0 Å². The van der Waals surface area contributed by atoms with Crippen LogP contribution in [-0.4, -0.2) is 49.7 Å². The van der Waals surface area contributed by atoms with Crippen LogP contribution < -0.4 is 0 Å². The third-order valence-corrected chi connectivity index (χ3v) is 6.37. The summed E-state index contributed by atoms with van der Waals surface area (Å²) < 4.78 is 27.0. The summed E-state index contributed by atoms with van der Waals surface area (Å²) in [6, 6.07) is 6.92. The van der Waals surface area contributed by atoms with E-state index in [0.29, 0.717) is 37.5 Å². The molecular weight excluding hydrogens is 312 g/mol. The molecule has 0 N–H and O–H groups in total. The van der Waals surface area contributed by atoms with Gasteiger partial charge in [0.25, 0.3) is 0 Å². The molecule has 1 saturated heterocycles. The molecule has 1 aliphatic heterocycles. The molecule has 1 aromatic rings. The Kier molecular flexibility index (Phi) is 5.81. The Morgan fingerprint density at radius 2 is 1.78 bits per heavy atom. The molecule has 23 heavy (non-hydrogen) atoms. The zero-order valence-electron chi connectivity index (χ0n) is 14.2. The van der Waals surface area contributed by atoms with Crippen molar-refractivity contribution < 1.29 is 13.2 Å². The fraction of sp³-hybridized carbons (Fsp3) is 0.588. The van der Waals surface area contributed by atoms with Crippen LogP contribution in [0.5, 0.6) is 0 Å². The van der Waals surface area contributed by atoms with E-state index in [2.05, 4.69) is 0 Å². The SMILES string of the molecule is CCC(C)C(=O)N1CCCN(S(=O)(=O)c2ccc(C)cc2)CC1. The maximum atomic E-state index is 12.7. The lowest BCUT2D eigenvalue weighted by molar-refractivity contribution is -0.134. The molecule has 0 aliphatic carbocycles. The summed E-state index contributed by atoms with van der Waals surface area (Å²) in [5, 5.41) is 0. The van der Waals surface area contributed by atoms with E-state index in [4.69, 9.17) is 0 Å². The van der Waals surface area contributed by atoms with E-state index >= 15 is 0 Å². The predicted octanol–water partition coefficient (Wildman–Crippen LogP) is 2.26. The molecule has 2 rings (SSSR count). The number of carbonyl (C=O) groups is 1. The zero-order chi connectivity index (χ0) is 17.0. The van der Waals surface area contributed by atoms with Crippen LogP contribution in [0.1, 0.15) is 32.3 Å². The topological polar surface area (TPSA) is 57.7 Å². The minimum absolute atomic E-state index is 0.00439. The summed E-state index contributed by atoms with van der Waals surface area (Å²) in [7, 11) is -3.48. The van der Waals surface area contributed by atoms with Gasteiger partial charge in [0.1, 0.15) is 0 Å². The second-order valence-corrected chi connectivity index (χ2v) is 8.14. The number of amides is 1. The summed E-state index contributed by atoms with van der Waals surface area (Å²) >= 11 is 0. The Bertz CT molecular complexity index is 640. The quantitative estimate of drug-likeness (QED) is 0.846. The number of hydrogen-bond donors (Lipinski definition) is 0. The Balaban J connectivity index is 2.10. The van der Waals surface area contributed by atoms with E-state index < -0.39 is 10.0 Å². The Morgan fingerprint density at radius 3 is 2.39 bits per heavy atom. The van der Waals surface area contributed by atoms with E-state index in [1.807, 2.05) is 32.9 Å². The van der Waals surface area contributed by atoms with Crippen LogP contribution in [-0.2, 0) is 14.8 Å². The first kappa shape index (κ1) is 17.9. The summed E-state index contributed by atoms with van der Waals surface area (Å²) in [6.45, 7) is 7.76. The molecule has 6 heteroatoms. The van der Waals surface area contributed by atoms with Gasteiger partial charge in [-0.05, 0) is 31.9 Å². The van der Waals surface area contributed by atoms with Crippen LogP contribution in [0.4, 0.5) is 0 Å². The molecule has 0 spiro atoms. The van der Waals surface area contributed by atoms with E-state index in [1.54, 1.807) is 17.0 Å². The molecule has 0 bridgehead atoms. The minimum atomic E-state index is -3.48. The van der Waals surface area contributed by atoms with Crippen molar-refractivity contribution in [2.24, 2.45) is 5.92 Å². The largest absolute Gasteiger partial charge is 0.341 e. The van der Waals surface area contributed by atoms with Gasteiger partial charge >= 0.3 is 0 Å². The smallest absolute Gasteiger partial charge is 0.243 e. The Labute approximate surface area is 139 Å². The average Bonchev–Trinajstić information content (AvgIpc) is 2.80. The molecule has 128 valence electrons. The van der Waals surface area contributed by atoms with Crippen molar-refractivity contribution in [3.8, 4) is 0 Å². The van der Waals surface area contributed by atoms with Crippen molar-refractivity contribution in [1.29, 1.82) is 0 Å². The molecule has 1 heterocycles. The van der Waals surface area contributed by atoms with Gasteiger partial charge in [-0.3, -0.25) is 4.79 Å². The van der Waals surface area contributed by atoms with Gasteiger partial charge in [0, 0.05) is 32.1 Å². The van der Waals surface area contributed by atoms with Gasteiger partial charge in [-0.25, -0.2) is 8.42 Å². The van der Waals surface area contributed by atoms with E-state index in [-0.39, 0.29) is 11.8 Å². The summed E-state index contributed by atoms with van der Waals surface area (Å²) in [6.07, 6.45) is 1.48. The highest BCUT2D eigenvalue weighted by Crippen LogP contribution is 2.19. The van der Waals surface area contributed by atoms with Crippen LogP contribution in [0.3, 0.4) is 0 Å². The number of hydrogen-bond acceptors (Lipinski definition) is 3. The van der Waals surface area contributed by atoms with Gasteiger partial charge in [0.2, 0.25) is 15.9 Å². The van der Waals surface area contributed by atoms with Crippen molar-refractivity contribution in [3.05, 3.63) is 29.8 Å². The number of rotatable bonds is 4. The van der Waals surface area contributed by atoms with E-state index in [1.165, 1.54) is 4.31 Å². The van der Waals surface area contributed by atoms with Crippen molar-refractivity contribution in [3.63, 3.8) is 0 Å². The lowest BCUT2D eigenvalue weighted by Crippen LogP contribution is -2.39. The van der Waals surface area contributed by atoms with Crippen LogP contribution in [0.15, 0.2) is 29.2 Å². The molecule has 1 fully saturated rings. The first-order valence-electron chi connectivity index (χ1n) is 8.22.